The highest BCUT2D eigenvalue weighted by molar-refractivity contribution is 7.25. The van der Waals surface area contributed by atoms with Gasteiger partial charge in [0.25, 0.3) is 0 Å². The maximum absolute atomic E-state index is 9.51. The Morgan fingerprint density at radius 3 is 2.02 bits per heavy atom. The minimum Gasteiger partial charge on any atom is -0.399 e. The molecule has 0 N–H and O–H groups in total. The Balaban J connectivity index is 1.25. The molecule has 0 bridgehead atoms. The van der Waals surface area contributed by atoms with Crippen LogP contribution in [0.3, 0.4) is 0 Å². The molecule has 0 radical (unpaired) electrons. The summed E-state index contributed by atoms with van der Waals surface area (Å²) in [5, 5.41) is 4.81. The molecule has 8 aromatic rings. The van der Waals surface area contributed by atoms with E-state index < -0.39 is 24.4 Å². The van der Waals surface area contributed by atoms with Crippen LogP contribution >= 0.6 is 11.3 Å². The Morgan fingerprint density at radius 1 is 0.542 bits per heavy atom. The quantitative estimate of drug-likeness (QED) is 0.177. The minimum atomic E-state index is -0.659. The van der Waals surface area contributed by atoms with E-state index in [1.807, 2.05) is 58.0 Å². The van der Waals surface area contributed by atoms with E-state index in [2.05, 4.69) is 66.7 Å². The van der Waals surface area contributed by atoms with Crippen LogP contribution in [0.4, 0.5) is 0 Å². The van der Waals surface area contributed by atoms with Crippen molar-refractivity contribution in [2.75, 3.05) is 0 Å². The zero-order valence-electron chi connectivity index (χ0n) is 34.0. The van der Waals surface area contributed by atoms with Gasteiger partial charge in [-0.2, -0.15) is 0 Å². The summed E-state index contributed by atoms with van der Waals surface area (Å²) in [5.41, 5.74) is 4.32. The van der Waals surface area contributed by atoms with Gasteiger partial charge in [-0.3, -0.25) is 0 Å². The molecule has 0 atom stereocenters. The molecule has 0 spiro atoms. The van der Waals surface area contributed by atoms with Gasteiger partial charge in [-0.05, 0) is 112 Å². The molecule has 0 amide bonds. The predicted molar refractivity (Wildman–Crippen MR) is 206 cm³/mol. The molecule has 7 aromatic carbocycles. The van der Waals surface area contributed by atoms with Gasteiger partial charge < -0.3 is 9.31 Å². The summed E-state index contributed by atoms with van der Waals surface area (Å²) in [6.45, 7) is 8.02. The molecular formula is C44H35BO2S. The largest absolute Gasteiger partial charge is 0.494 e. The molecule has 1 aliphatic rings. The van der Waals surface area contributed by atoms with Crippen LogP contribution in [-0.4, -0.2) is 18.3 Å². The maximum Gasteiger partial charge on any atom is 0.494 e. The van der Waals surface area contributed by atoms with Crippen LogP contribution in [0.2, 0.25) is 0 Å². The molecule has 232 valence electrons. The lowest BCUT2D eigenvalue weighted by Crippen LogP contribution is -2.41. The van der Waals surface area contributed by atoms with Crippen molar-refractivity contribution in [1.29, 1.82) is 0 Å². The van der Waals surface area contributed by atoms with Gasteiger partial charge in [-0.1, -0.05) is 115 Å². The van der Waals surface area contributed by atoms with E-state index in [-0.39, 0.29) is 57.3 Å². The number of benzene rings is 7. The number of hydrogen-bond donors (Lipinski definition) is 0. The lowest BCUT2D eigenvalue weighted by Gasteiger charge is -2.32. The van der Waals surface area contributed by atoms with E-state index in [4.69, 9.17) is 14.8 Å². The van der Waals surface area contributed by atoms with Gasteiger partial charge in [0.1, 0.15) is 0 Å². The third-order valence-electron chi connectivity index (χ3n) is 9.98. The number of thiophene rings is 1. The molecular weight excluding hydrogens is 603 g/mol. The van der Waals surface area contributed by atoms with Crippen LogP contribution in [0.1, 0.15) is 37.3 Å². The van der Waals surface area contributed by atoms with Gasteiger partial charge in [0.05, 0.1) is 20.8 Å². The normalized spacial score (nSPS) is 17.7. The molecule has 48 heavy (non-hydrogen) atoms. The average Bonchev–Trinajstić information content (AvgIpc) is 3.69. The smallest absolute Gasteiger partial charge is 0.399 e. The molecule has 9 rings (SSSR count). The van der Waals surface area contributed by atoms with Crippen LogP contribution < -0.4 is 5.46 Å². The second-order valence-corrected chi connectivity index (χ2v) is 14.5. The summed E-state index contributed by atoms with van der Waals surface area (Å²) in [4.78, 5) is 0. The zero-order valence-corrected chi connectivity index (χ0v) is 27.9. The predicted octanol–water partition coefficient (Wildman–Crippen LogP) is 11.7. The Kier molecular flexibility index (Phi) is 5.17. The highest BCUT2D eigenvalue weighted by Crippen LogP contribution is 2.41. The van der Waals surface area contributed by atoms with Gasteiger partial charge in [-0.25, -0.2) is 0 Å². The van der Waals surface area contributed by atoms with Crippen LogP contribution in [0, 0.1) is 0 Å². The first-order valence-electron chi connectivity index (χ1n) is 19.6. The third kappa shape index (κ3) is 4.78. The van der Waals surface area contributed by atoms with E-state index in [0.717, 1.165) is 49.8 Å². The first-order chi connectivity index (χ1) is 26.2. The van der Waals surface area contributed by atoms with Crippen molar-refractivity contribution in [3.8, 4) is 33.4 Å². The lowest BCUT2D eigenvalue weighted by molar-refractivity contribution is 0.00578. The van der Waals surface area contributed by atoms with Crippen molar-refractivity contribution >= 4 is 65.6 Å². The molecule has 1 aromatic heterocycles. The summed E-state index contributed by atoms with van der Waals surface area (Å²) < 4.78 is 75.3. The van der Waals surface area contributed by atoms with Gasteiger partial charge in [0, 0.05) is 20.2 Å². The lowest BCUT2D eigenvalue weighted by atomic mass is 9.76. The molecule has 0 saturated carbocycles. The molecule has 4 heteroatoms. The number of rotatable bonds is 4. The van der Waals surface area contributed by atoms with E-state index in [0.29, 0.717) is 10.3 Å². The summed E-state index contributed by atoms with van der Waals surface area (Å²) in [6.07, 6.45) is 0. The van der Waals surface area contributed by atoms with Gasteiger partial charge in [0.15, 0.2) is 0 Å². The summed E-state index contributed by atoms with van der Waals surface area (Å²) in [5.74, 6) is 0. The molecule has 0 aliphatic carbocycles. The first kappa shape index (κ1) is 22.8. The highest BCUT2D eigenvalue weighted by Gasteiger charge is 2.51. The molecule has 1 saturated heterocycles. The topological polar surface area (TPSA) is 18.5 Å². The van der Waals surface area contributed by atoms with Gasteiger partial charge in [-0.15, -0.1) is 11.3 Å². The van der Waals surface area contributed by atoms with E-state index in [1.54, 1.807) is 0 Å². The van der Waals surface area contributed by atoms with Crippen molar-refractivity contribution in [2.45, 2.75) is 38.9 Å². The molecule has 0 unspecified atom stereocenters. The standard InChI is InChI=1S/C44H35BO2S/c1-43(2)44(3,4)47-45(46-43)34-21-23-37(33-20-22-39-38-13-7-8-15-41(38)48-42(39)26-33)40(27-34)32-19-17-29-24-31(18-16-30(29)25-32)36-14-9-11-28-10-5-6-12-35(28)36/h5-27H,1-4H3/i7D,8D,13D,15D,20D,22D,26D. The van der Waals surface area contributed by atoms with Crippen LogP contribution in [0.25, 0.3) is 75.1 Å². The summed E-state index contributed by atoms with van der Waals surface area (Å²) in [6, 6.07) is 31.5. The van der Waals surface area contributed by atoms with E-state index in [1.165, 1.54) is 10.8 Å². The van der Waals surface area contributed by atoms with Crippen molar-refractivity contribution in [3.05, 3.63) is 139 Å². The average molecular weight is 646 g/mol. The first-order valence-corrected chi connectivity index (χ1v) is 16.9. The maximum atomic E-state index is 9.51. The number of fused-ring (bicyclic) bond motifs is 5. The Bertz CT molecular complexity index is 2920. The summed E-state index contributed by atoms with van der Waals surface area (Å²) in [7, 11) is -0.659. The third-order valence-corrected chi connectivity index (χ3v) is 11.0. The van der Waals surface area contributed by atoms with Crippen molar-refractivity contribution in [2.24, 2.45) is 0 Å². The minimum absolute atomic E-state index is 0.000729. The fourth-order valence-electron chi connectivity index (χ4n) is 6.63. The molecule has 1 aliphatic heterocycles. The van der Waals surface area contributed by atoms with Gasteiger partial charge in [0.2, 0.25) is 0 Å². The summed E-state index contributed by atoms with van der Waals surface area (Å²) >= 11 is 1.07. The van der Waals surface area contributed by atoms with Gasteiger partial charge >= 0.3 is 7.12 Å². The van der Waals surface area contributed by atoms with Crippen LogP contribution in [0.15, 0.2) is 139 Å². The van der Waals surface area contributed by atoms with Crippen molar-refractivity contribution < 1.29 is 18.9 Å². The zero-order chi connectivity index (χ0) is 38.7. The Labute approximate surface area is 295 Å². The fourth-order valence-corrected chi connectivity index (χ4v) is 7.60. The highest BCUT2D eigenvalue weighted by atomic mass is 32.1. The fraction of sp³-hybridized carbons (Fsp3) is 0.136. The second-order valence-electron chi connectivity index (χ2n) is 13.5. The SMILES string of the molecule is [2H]c1c([2H])c([2H])c2c(sc3c([2H])c(-c4ccc(B5OC(C)(C)C(C)(C)O5)cc4-c4ccc5cc(-c6cccc7ccccc67)ccc5c4)c([2H])c([2H])c32)c1[2H]. The monoisotopic (exact) mass is 645 g/mol. The van der Waals surface area contributed by atoms with Crippen molar-refractivity contribution in [3.63, 3.8) is 0 Å². The second kappa shape index (κ2) is 10.9. The van der Waals surface area contributed by atoms with E-state index in [9.17, 15) is 4.11 Å². The Morgan fingerprint density at radius 2 is 1.23 bits per heavy atom. The Hall–Kier alpha value is -4.74. The molecule has 2 heterocycles. The van der Waals surface area contributed by atoms with Crippen LogP contribution in [-0.2, 0) is 9.31 Å². The number of hydrogen-bond acceptors (Lipinski definition) is 3. The van der Waals surface area contributed by atoms with Crippen LogP contribution in [0.5, 0.6) is 0 Å². The van der Waals surface area contributed by atoms with E-state index >= 15 is 0 Å². The van der Waals surface area contributed by atoms with Crippen molar-refractivity contribution in [1.82, 2.24) is 0 Å². The molecule has 2 nitrogen and oxygen atoms in total. The molecule has 1 fully saturated rings.